The van der Waals surface area contributed by atoms with Gasteiger partial charge in [-0.15, -0.1) is 0 Å². The first-order valence-electron chi connectivity index (χ1n) is 5.10. The van der Waals surface area contributed by atoms with Crippen LogP contribution in [0.3, 0.4) is 0 Å². The van der Waals surface area contributed by atoms with E-state index in [1.807, 2.05) is 13.8 Å². The predicted molar refractivity (Wildman–Crippen MR) is 66.5 cm³/mol. The van der Waals surface area contributed by atoms with Gasteiger partial charge < -0.3 is 5.73 Å². The molecule has 0 fully saturated rings. The molecule has 8 heteroatoms. The van der Waals surface area contributed by atoms with Crippen molar-refractivity contribution in [2.45, 2.75) is 13.8 Å². The second-order valence-corrected chi connectivity index (χ2v) is 5.99. The molecule has 4 N–H and O–H groups in total. The molecule has 1 rings (SSSR count). The zero-order valence-electron chi connectivity index (χ0n) is 10.1. The van der Waals surface area contributed by atoms with Gasteiger partial charge in [-0.2, -0.15) is 5.10 Å². The highest BCUT2D eigenvalue weighted by atomic mass is 32.2. The SMILES string of the molecule is CC(C)CS(=O)(=O)Nc1c(C(=N)N)cnn1C. The number of anilines is 1. The average molecular weight is 259 g/mol. The topological polar surface area (TPSA) is 114 Å². The molecular weight excluding hydrogens is 242 g/mol. The summed E-state index contributed by atoms with van der Waals surface area (Å²) in [6, 6.07) is 0. The number of hydrogen-bond donors (Lipinski definition) is 3. The van der Waals surface area contributed by atoms with Crippen LogP contribution >= 0.6 is 0 Å². The first kappa shape index (κ1) is 13.5. The summed E-state index contributed by atoms with van der Waals surface area (Å²) in [4.78, 5) is 0. The smallest absolute Gasteiger partial charge is 0.234 e. The van der Waals surface area contributed by atoms with Crippen LogP contribution in [-0.4, -0.2) is 29.8 Å². The third-order valence-electron chi connectivity index (χ3n) is 2.03. The quantitative estimate of drug-likeness (QED) is 0.514. The van der Waals surface area contributed by atoms with Crippen molar-refractivity contribution in [1.29, 1.82) is 5.41 Å². The van der Waals surface area contributed by atoms with E-state index in [0.717, 1.165) is 0 Å². The second-order valence-electron chi connectivity index (χ2n) is 4.22. The highest BCUT2D eigenvalue weighted by Gasteiger charge is 2.18. The Bertz CT molecular complexity index is 517. The van der Waals surface area contributed by atoms with Crippen LogP contribution in [0.15, 0.2) is 6.20 Å². The molecule has 1 aromatic rings. The van der Waals surface area contributed by atoms with Gasteiger partial charge in [0.25, 0.3) is 0 Å². The van der Waals surface area contributed by atoms with Crippen molar-refractivity contribution < 1.29 is 8.42 Å². The van der Waals surface area contributed by atoms with E-state index in [1.165, 1.54) is 10.9 Å². The standard InChI is InChI=1S/C9H17N5O2S/c1-6(2)5-17(15,16)13-9-7(8(10)11)4-12-14(9)3/h4,6,13H,5H2,1-3H3,(H3,10,11). The minimum Gasteiger partial charge on any atom is -0.384 e. The summed E-state index contributed by atoms with van der Waals surface area (Å²) in [7, 11) is -1.86. The Labute approximate surface area is 101 Å². The number of nitrogens with two attached hydrogens (primary N) is 1. The van der Waals surface area contributed by atoms with Crippen LogP contribution in [0.4, 0.5) is 5.82 Å². The number of nitrogens with one attached hydrogen (secondary N) is 2. The van der Waals surface area contributed by atoms with Gasteiger partial charge in [0, 0.05) is 7.05 Å². The minimum atomic E-state index is -3.45. The molecular formula is C9H17N5O2S. The Morgan fingerprint density at radius 2 is 2.24 bits per heavy atom. The molecule has 0 unspecified atom stereocenters. The largest absolute Gasteiger partial charge is 0.384 e. The van der Waals surface area contributed by atoms with E-state index in [-0.39, 0.29) is 28.9 Å². The summed E-state index contributed by atoms with van der Waals surface area (Å²) >= 11 is 0. The van der Waals surface area contributed by atoms with E-state index in [1.54, 1.807) is 7.05 Å². The van der Waals surface area contributed by atoms with Gasteiger partial charge >= 0.3 is 0 Å². The fourth-order valence-corrected chi connectivity index (χ4v) is 2.88. The van der Waals surface area contributed by atoms with E-state index in [9.17, 15) is 8.42 Å². The zero-order chi connectivity index (χ0) is 13.2. The number of rotatable bonds is 5. The van der Waals surface area contributed by atoms with E-state index in [2.05, 4.69) is 9.82 Å². The lowest BCUT2D eigenvalue weighted by Crippen LogP contribution is -2.23. The van der Waals surface area contributed by atoms with Crippen LogP contribution in [0.1, 0.15) is 19.4 Å². The Morgan fingerprint density at radius 3 is 2.71 bits per heavy atom. The number of aromatic nitrogens is 2. The summed E-state index contributed by atoms with van der Waals surface area (Å²) < 4.78 is 27.3. The summed E-state index contributed by atoms with van der Waals surface area (Å²) in [5.74, 6) is 0.0233. The molecule has 0 aliphatic rings. The molecule has 0 atom stereocenters. The molecule has 0 aromatic carbocycles. The van der Waals surface area contributed by atoms with Crippen molar-refractivity contribution in [1.82, 2.24) is 9.78 Å². The highest BCUT2D eigenvalue weighted by Crippen LogP contribution is 2.15. The first-order valence-corrected chi connectivity index (χ1v) is 6.75. The molecule has 0 radical (unpaired) electrons. The van der Waals surface area contributed by atoms with Crippen LogP contribution in [0.2, 0.25) is 0 Å². The third-order valence-corrected chi connectivity index (χ3v) is 3.64. The van der Waals surface area contributed by atoms with Gasteiger partial charge in [0.2, 0.25) is 10.0 Å². The van der Waals surface area contributed by atoms with E-state index in [4.69, 9.17) is 11.1 Å². The van der Waals surface area contributed by atoms with Gasteiger partial charge in [-0.3, -0.25) is 14.8 Å². The van der Waals surface area contributed by atoms with Crippen molar-refractivity contribution in [2.24, 2.45) is 18.7 Å². The molecule has 0 saturated heterocycles. The van der Waals surface area contributed by atoms with Crippen LogP contribution in [0, 0.1) is 11.3 Å². The molecule has 96 valence electrons. The van der Waals surface area contributed by atoms with Gasteiger partial charge in [0.05, 0.1) is 17.5 Å². The summed E-state index contributed by atoms with van der Waals surface area (Å²) in [6.45, 7) is 3.63. The number of hydrogen-bond acceptors (Lipinski definition) is 4. The van der Waals surface area contributed by atoms with E-state index >= 15 is 0 Å². The fourth-order valence-electron chi connectivity index (χ4n) is 1.38. The Balaban J connectivity index is 3.03. The van der Waals surface area contributed by atoms with Crippen molar-refractivity contribution in [3.05, 3.63) is 11.8 Å². The third kappa shape index (κ3) is 3.45. The molecule has 7 nitrogen and oxygen atoms in total. The number of amidine groups is 1. The molecule has 17 heavy (non-hydrogen) atoms. The molecule has 0 saturated carbocycles. The van der Waals surface area contributed by atoms with Crippen LogP contribution in [-0.2, 0) is 17.1 Å². The number of aryl methyl sites for hydroxylation is 1. The first-order chi connectivity index (χ1) is 7.73. The summed E-state index contributed by atoms with van der Waals surface area (Å²) in [6.07, 6.45) is 1.36. The number of nitrogens with zero attached hydrogens (tertiary/aromatic N) is 2. The van der Waals surface area contributed by atoms with Crippen molar-refractivity contribution >= 4 is 21.7 Å². The molecule has 0 bridgehead atoms. The van der Waals surface area contributed by atoms with E-state index < -0.39 is 10.0 Å². The lowest BCUT2D eigenvalue weighted by atomic mass is 10.3. The molecule has 1 heterocycles. The Morgan fingerprint density at radius 1 is 1.65 bits per heavy atom. The number of nitrogen functional groups attached to an aromatic ring is 1. The molecule has 0 aliphatic heterocycles. The summed E-state index contributed by atoms with van der Waals surface area (Å²) in [5, 5.41) is 11.2. The normalized spacial score (nSPS) is 11.8. The number of sulfonamides is 1. The lowest BCUT2D eigenvalue weighted by molar-refractivity contribution is 0.586. The maximum Gasteiger partial charge on any atom is 0.234 e. The van der Waals surface area contributed by atoms with Gasteiger partial charge in [0.1, 0.15) is 11.7 Å². The minimum absolute atomic E-state index is 0.00945. The van der Waals surface area contributed by atoms with Crippen LogP contribution in [0.25, 0.3) is 0 Å². The lowest BCUT2D eigenvalue weighted by Gasteiger charge is -2.11. The summed E-state index contributed by atoms with van der Waals surface area (Å²) in [5.41, 5.74) is 5.62. The zero-order valence-corrected chi connectivity index (χ0v) is 10.9. The van der Waals surface area contributed by atoms with Crippen molar-refractivity contribution in [3.8, 4) is 0 Å². The van der Waals surface area contributed by atoms with Gasteiger partial charge in [-0.25, -0.2) is 8.42 Å². The van der Waals surface area contributed by atoms with Crippen LogP contribution in [0.5, 0.6) is 0 Å². The van der Waals surface area contributed by atoms with Crippen LogP contribution < -0.4 is 10.5 Å². The maximum atomic E-state index is 11.8. The van der Waals surface area contributed by atoms with Crippen molar-refractivity contribution in [2.75, 3.05) is 10.5 Å². The Kier molecular flexibility index (Phi) is 3.76. The Hall–Kier alpha value is -1.57. The molecule has 0 amide bonds. The second kappa shape index (κ2) is 4.74. The van der Waals surface area contributed by atoms with Gasteiger partial charge in [-0.1, -0.05) is 13.8 Å². The molecule has 0 aliphatic carbocycles. The predicted octanol–water partition coefficient (Wildman–Crippen LogP) is 0.102. The molecule has 1 aromatic heterocycles. The monoisotopic (exact) mass is 259 g/mol. The van der Waals surface area contributed by atoms with Gasteiger partial charge in [0.15, 0.2) is 0 Å². The average Bonchev–Trinajstić information content (AvgIpc) is 2.44. The van der Waals surface area contributed by atoms with E-state index in [0.29, 0.717) is 0 Å². The fraction of sp³-hybridized carbons (Fsp3) is 0.556. The maximum absolute atomic E-state index is 11.8. The highest BCUT2D eigenvalue weighted by molar-refractivity contribution is 7.92. The van der Waals surface area contributed by atoms with Crippen molar-refractivity contribution in [3.63, 3.8) is 0 Å². The molecule has 0 spiro atoms. The van der Waals surface area contributed by atoms with Gasteiger partial charge in [-0.05, 0) is 5.92 Å².